The van der Waals surface area contributed by atoms with Gasteiger partial charge < -0.3 is 14.2 Å². The quantitative estimate of drug-likeness (QED) is 0.713. The number of anilines is 1. The molecule has 2 aromatic heterocycles. The number of benzene rings is 1. The molecule has 0 N–H and O–H groups in total. The van der Waals surface area contributed by atoms with Gasteiger partial charge in [0.1, 0.15) is 6.07 Å². The summed E-state index contributed by atoms with van der Waals surface area (Å²) in [4.78, 5) is 21.3. The van der Waals surface area contributed by atoms with Gasteiger partial charge in [0.15, 0.2) is 0 Å². The minimum Gasteiger partial charge on any atom is -0.419 e. The summed E-state index contributed by atoms with van der Waals surface area (Å²) >= 11 is 1.45. The van der Waals surface area contributed by atoms with Crippen LogP contribution in [0.2, 0.25) is 0 Å². The molecule has 0 aliphatic carbocycles. The topological polar surface area (TPSA) is 73.4 Å². The average molecular weight is 364 g/mol. The minimum atomic E-state index is 0.0581. The van der Waals surface area contributed by atoms with Crippen LogP contribution in [-0.2, 0) is 0 Å². The number of nitriles is 1. The Morgan fingerprint density at radius 2 is 1.88 bits per heavy atom. The fraction of sp³-hybridized carbons (Fsp3) is 0.211. The number of thiophene rings is 1. The molecule has 1 aliphatic heterocycles. The maximum absolute atomic E-state index is 12.4. The second kappa shape index (κ2) is 7.02. The summed E-state index contributed by atoms with van der Waals surface area (Å²) in [6.45, 7) is 2.39. The van der Waals surface area contributed by atoms with Crippen LogP contribution >= 0.6 is 11.3 Å². The van der Waals surface area contributed by atoms with Crippen LogP contribution in [0, 0.1) is 11.3 Å². The summed E-state index contributed by atoms with van der Waals surface area (Å²) in [5.41, 5.74) is 1.11. The molecule has 7 heteroatoms. The van der Waals surface area contributed by atoms with Crippen LogP contribution < -0.4 is 4.90 Å². The fourth-order valence-electron chi connectivity index (χ4n) is 2.97. The standard InChI is InChI=1S/C19H16N4O2S/c20-13-15-19(25-17(21-15)14-5-2-1-3-6-14)23-10-8-22(9-11-23)18(24)16-7-4-12-26-16/h1-7,12H,8-11H2. The molecule has 0 unspecified atom stereocenters. The third-order valence-corrected chi connectivity index (χ3v) is 5.18. The summed E-state index contributed by atoms with van der Waals surface area (Å²) in [6.07, 6.45) is 0. The fourth-order valence-corrected chi connectivity index (χ4v) is 3.66. The second-order valence-corrected chi connectivity index (χ2v) is 6.85. The van der Waals surface area contributed by atoms with Gasteiger partial charge in [-0.25, -0.2) is 0 Å². The molecule has 0 spiro atoms. The molecular formula is C19H16N4O2S. The molecule has 130 valence electrons. The summed E-state index contributed by atoms with van der Waals surface area (Å²) in [6, 6.07) is 15.4. The predicted octanol–water partition coefficient (Wildman–Crippen LogP) is 3.24. The highest BCUT2D eigenvalue weighted by Gasteiger charge is 2.27. The van der Waals surface area contributed by atoms with Crippen LogP contribution in [0.15, 0.2) is 52.3 Å². The average Bonchev–Trinajstić information content (AvgIpc) is 3.38. The van der Waals surface area contributed by atoms with Gasteiger partial charge in [0.2, 0.25) is 17.5 Å². The van der Waals surface area contributed by atoms with E-state index in [0.29, 0.717) is 38.0 Å². The van der Waals surface area contributed by atoms with Crippen LogP contribution in [0.3, 0.4) is 0 Å². The third kappa shape index (κ3) is 3.07. The van der Waals surface area contributed by atoms with E-state index in [0.717, 1.165) is 10.4 Å². The van der Waals surface area contributed by atoms with Gasteiger partial charge in [-0.1, -0.05) is 24.3 Å². The molecule has 4 rings (SSSR count). The largest absolute Gasteiger partial charge is 0.419 e. The van der Waals surface area contributed by atoms with E-state index < -0.39 is 0 Å². The van der Waals surface area contributed by atoms with Gasteiger partial charge in [0.05, 0.1) is 4.88 Å². The monoisotopic (exact) mass is 364 g/mol. The first-order chi connectivity index (χ1) is 12.8. The lowest BCUT2D eigenvalue weighted by atomic mass is 10.2. The number of piperazine rings is 1. The summed E-state index contributed by atoms with van der Waals surface area (Å²) < 4.78 is 5.89. The molecule has 0 atom stereocenters. The molecule has 0 radical (unpaired) electrons. The lowest BCUT2D eigenvalue weighted by molar-refractivity contribution is 0.0750. The first kappa shape index (κ1) is 16.4. The molecule has 0 saturated carbocycles. The Morgan fingerprint density at radius 3 is 2.54 bits per heavy atom. The van der Waals surface area contributed by atoms with Crippen LogP contribution in [-0.4, -0.2) is 42.0 Å². The number of aromatic nitrogens is 1. The first-order valence-electron chi connectivity index (χ1n) is 8.30. The summed E-state index contributed by atoms with van der Waals surface area (Å²) in [7, 11) is 0. The molecule has 26 heavy (non-hydrogen) atoms. The SMILES string of the molecule is N#Cc1nc(-c2ccccc2)oc1N1CCN(C(=O)c2cccs2)CC1. The number of rotatable bonds is 3. The van der Waals surface area contributed by atoms with Crippen molar-refractivity contribution < 1.29 is 9.21 Å². The number of hydrogen-bond acceptors (Lipinski definition) is 6. The van der Waals surface area contributed by atoms with E-state index in [1.807, 2.05) is 57.6 Å². The maximum atomic E-state index is 12.4. The highest BCUT2D eigenvalue weighted by Crippen LogP contribution is 2.29. The lowest BCUT2D eigenvalue weighted by Crippen LogP contribution is -2.48. The van der Waals surface area contributed by atoms with E-state index in [1.54, 1.807) is 0 Å². The highest BCUT2D eigenvalue weighted by atomic mass is 32.1. The van der Waals surface area contributed by atoms with Crippen LogP contribution in [0.4, 0.5) is 5.88 Å². The normalized spacial score (nSPS) is 14.3. The number of hydrogen-bond donors (Lipinski definition) is 0. The predicted molar refractivity (Wildman–Crippen MR) is 99.1 cm³/mol. The zero-order valence-electron chi connectivity index (χ0n) is 14.0. The Morgan fingerprint density at radius 1 is 1.12 bits per heavy atom. The molecule has 1 amide bonds. The second-order valence-electron chi connectivity index (χ2n) is 5.91. The van der Waals surface area contributed by atoms with Crippen molar-refractivity contribution in [1.29, 1.82) is 5.26 Å². The first-order valence-corrected chi connectivity index (χ1v) is 9.18. The number of nitrogens with zero attached hydrogens (tertiary/aromatic N) is 4. The van der Waals surface area contributed by atoms with E-state index in [-0.39, 0.29) is 11.6 Å². The Balaban J connectivity index is 1.50. The molecule has 3 heterocycles. The van der Waals surface area contributed by atoms with Crippen LogP contribution in [0.25, 0.3) is 11.5 Å². The van der Waals surface area contributed by atoms with Gasteiger partial charge in [-0.2, -0.15) is 10.2 Å². The molecule has 1 aromatic carbocycles. The molecular weight excluding hydrogens is 348 g/mol. The molecule has 6 nitrogen and oxygen atoms in total. The van der Waals surface area contributed by atoms with Crippen molar-refractivity contribution in [3.63, 3.8) is 0 Å². The van der Waals surface area contributed by atoms with Crippen molar-refractivity contribution in [3.05, 3.63) is 58.4 Å². The van der Waals surface area contributed by atoms with Crippen molar-refractivity contribution in [3.8, 4) is 17.5 Å². The summed E-state index contributed by atoms with van der Waals surface area (Å²) in [5, 5.41) is 11.3. The Labute approximate surface area is 154 Å². The number of carbonyl (C=O) groups excluding carboxylic acids is 1. The number of amides is 1. The smallest absolute Gasteiger partial charge is 0.264 e. The minimum absolute atomic E-state index is 0.0581. The Kier molecular flexibility index (Phi) is 4.42. The molecule has 0 bridgehead atoms. The molecule has 1 fully saturated rings. The Hall–Kier alpha value is -3.11. The maximum Gasteiger partial charge on any atom is 0.264 e. The van der Waals surface area contributed by atoms with E-state index in [1.165, 1.54) is 11.3 Å². The summed E-state index contributed by atoms with van der Waals surface area (Å²) in [5.74, 6) is 0.978. The lowest BCUT2D eigenvalue weighted by Gasteiger charge is -2.34. The van der Waals surface area contributed by atoms with Gasteiger partial charge in [-0.15, -0.1) is 11.3 Å². The molecule has 1 aliphatic rings. The zero-order valence-corrected chi connectivity index (χ0v) is 14.8. The van der Waals surface area contributed by atoms with Crippen LogP contribution in [0.1, 0.15) is 15.4 Å². The van der Waals surface area contributed by atoms with Gasteiger partial charge in [-0.05, 0) is 23.6 Å². The highest BCUT2D eigenvalue weighted by molar-refractivity contribution is 7.12. The van der Waals surface area contributed by atoms with Crippen molar-refractivity contribution in [2.45, 2.75) is 0 Å². The van der Waals surface area contributed by atoms with E-state index in [4.69, 9.17) is 4.42 Å². The zero-order chi connectivity index (χ0) is 17.9. The van der Waals surface area contributed by atoms with Crippen molar-refractivity contribution >= 4 is 23.1 Å². The van der Waals surface area contributed by atoms with Gasteiger partial charge in [-0.3, -0.25) is 4.79 Å². The van der Waals surface area contributed by atoms with Crippen molar-refractivity contribution in [2.24, 2.45) is 0 Å². The molecule has 3 aromatic rings. The van der Waals surface area contributed by atoms with E-state index in [2.05, 4.69) is 11.1 Å². The third-order valence-electron chi connectivity index (χ3n) is 4.32. The number of oxazole rings is 1. The van der Waals surface area contributed by atoms with Crippen molar-refractivity contribution in [1.82, 2.24) is 9.88 Å². The van der Waals surface area contributed by atoms with E-state index >= 15 is 0 Å². The number of carbonyl (C=O) groups is 1. The van der Waals surface area contributed by atoms with Crippen molar-refractivity contribution in [2.75, 3.05) is 31.1 Å². The molecule has 1 saturated heterocycles. The Bertz CT molecular complexity index is 936. The van der Waals surface area contributed by atoms with Gasteiger partial charge in [0, 0.05) is 31.7 Å². The van der Waals surface area contributed by atoms with Gasteiger partial charge >= 0.3 is 0 Å². The van der Waals surface area contributed by atoms with Crippen LogP contribution in [0.5, 0.6) is 0 Å². The van der Waals surface area contributed by atoms with Gasteiger partial charge in [0.25, 0.3) is 5.91 Å². The van der Waals surface area contributed by atoms with E-state index in [9.17, 15) is 10.1 Å².